The molecular formula is C19H22N4O2S. The van der Waals surface area contributed by atoms with Gasteiger partial charge in [0.2, 0.25) is 10.0 Å². The van der Waals surface area contributed by atoms with Crippen LogP contribution in [0.4, 0.5) is 0 Å². The van der Waals surface area contributed by atoms with E-state index in [1.54, 1.807) is 4.68 Å². The Morgan fingerprint density at radius 3 is 2.85 bits per heavy atom. The normalized spacial score (nSPS) is 17.3. The molecule has 2 aromatic carbocycles. The lowest BCUT2D eigenvalue weighted by Gasteiger charge is -2.25. The third-order valence-corrected chi connectivity index (χ3v) is 6.36. The van der Waals surface area contributed by atoms with E-state index in [9.17, 15) is 8.42 Å². The molecule has 0 radical (unpaired) electrons. The van der Waals surface area contributed by atoms with E-state index in [1.807, 2.05) is 36.4 Å². The molecule has 0 fully saturated rings. The molecule has 1 N–H and O–H groups in total. The molecular weight excluding hydrogens is 348 g/mol. The van der Waals surface area contributed by atoms with E-state index in [1.165, 1.54) is 11.1 Å². The summed E-state index contributed by atoms with van der Waals surface area (Å²) in [7, 11) is -3.37. The van der Waals surface area contributed by atoms with Gasteiger partial charge in [0.05, 0.1) is 17.8 Å². The van der Waals surface area contributed by atoms with Gasteiger partial charge in [-0.2, -0.15) is 0 Å². The fraction of sp³-hybridized carbons (Fsp3) is 0.368. The molecule has 4 rings (SSSR count). The molecule has 1 heterocycles. The summed E-state index contributed by atoms with van der Waals surface area (Å²) in [4.78, 5) is 0. The first-order chi connectivity index (χ1) is 12.6. The molecule has 7 heteroatoms. The van der Waals surface area contributed by atoms with Crippen LogP contribution >= 0.6 is 0 Å². The van der Waals surface area contributed by atoms with Crippen LogP contribution in [0.25, 0.3) is 11.0 Å². The number of hydrogen-bond acceptors (Lipinski definition) is 4. The second-order valence-electron chi connectivity index (χ2n) is 6.76. The van der Waals surface area contributed by atoms with Gasteiger partial charge in [0.25, 0.3) is 0 Å². The van der Waals surface area contributed by atoms with Gasteiger partial charge in [-0.1, -0.05) is 41.6 Å². The Hall–Kier alpha value is -2.25. The molecule has 136 valence electrons. The highest BCUT2D eigenvalue weighted by molar-refractivity contribution is 7.89. The molecule has 1 aliphatic carbocycles. The zero-order chi connectivity index (χ0) is 18.0. The Balaban J connectivity index is 1.39. The van der Waals surface area contributed by atoms with Crippen LogP contribution in [0.15, 0.2) is 48.5 Å². The Labute approximate surface area is 153 Å². The minimum absolute atomic E-state index is 0.00524. The molecule has 1 atom stereocenters. The molecule has 1 aromatic heterocycles. The lowest BCUT2D eigenvalue weighted by Crippen LogP contribution is -2.33. The van der Waals surface area contributed by atoms with E-state index < -0.39 is 10.0 Å². The first kappa shape index (κ1) is 17.2. The molecule has 6 nitrogen and oxygen atoms in total. The van der Waals surface area contributed by atoms with Gasteiger partial charge in [0.15, 0.2) is 0 Å². The standard InChI is InChI=1S/C19H22N4O2S/c24-26(25,13-12-23-19-11-4-3-10-18(19)21-22-23)20-14-16-8-5-7-15-6-1-2-9-17(15)16/h1-4,6,9-11,16,20H,5,7-8,12-14H2. The highest BCUT2D eigenvalue weighted by atomic mass is 32.2. The molecule has 1 unspecified atom stereocenters. The van der Waals surface area contributed by atoms with Crippen molar-refractivity contribution in [3.63, 3.8) is 0 Å². The molecule has 0 bridgehead atoms. The van der Waals surface area contributed by atoms with E-state index in [2.05, 4.69) is 27.2 Å². The highest BCUT2D eigenvalue weighted by Crippen LogP contribution is 2.30. The van der Waals surface area contributed by atoms with Crippen molar-refractivity contribution in [2.75, 3.05) is 12.3 Å². The Kier molecular flexibility index (Phi) is 4.74. The summed E-state index contributed by atoms with van der Waals surface area (Å²) in [5.74, 6) is 0.247. The SMILES string of the molecule is O=S(=O)(CCn1nnc2ccccc21)NCC1CCCc2ccccc21. The average Bonchev–Trinajstić information content (AvgIpc) is 3.08. The number of rotatable bonds is 6. The van der Waals surface area contributed by atoms with Crippen molar-refractivity contribution >= 4 is 21.1 Å². The minimum Gasteiger partial charge on any atom is -0.244 e. The number of aromatic nitrogens is 3. The summed E-state index contributed by atoms with van der Waals surface area (Å²) >= 11 is 0. The summed E-state index contributed by atoms with van der Waals surface area (Å²) in [5, 5.41) is 8.11. The number of fused-ring (bicyclic) bond motifs is 2. The zero-order valence-corrected chi connectivity index (χ0v) is 15.3. The maximum absolute atomic E-state index is 12.4. The summed E-state index contributed by atoms with van der Waals surface area (Å²) in [6.07, 6.45) is 3.21. The van der Waals surface area contributed by atoms with E-state index >= 15 is 0 Å². The zero-order valence-electron chi connectivity index (χ0n) is 14.5. The Morgan fingerprint density at radius 2 is 1.92 bits per heavy atom. The topological polar surface area (TPSA) is 76.9 Å². The van der Waals surface area contributed by atoms with Crippen LogP contribution < -0.4 is 4.72 Å². The summed E-state index contributed by atoms with van der Waals surface area (Å²) in [6.45, 7) is 0.745. The van der Waals surface area contributed by atoms with Gasteiger partial charge < -0.3 is 0 Å². The van der Waals surface area contributed by atoms with Gasteiger partial charge in [0, 0.05) is 6.54 Å². The minimum atomic E-state index is -3.37. The fourth-order valence-electron chi connectivity index (χ4n) is 3.66. The van der Waals surface area contributed by atoms with Gasteiger partial charge in [-0.25, -0.2) is 17.8 Å². The lowest BCUT2D eigenvalue weighted by molar-refractivity contribution is 0.525. The summed E-state index contributed by atoms with van der Waals surface area (Å²) in [6, 6.07) is 15.9. The largest absolute Gasteiger partial charge is 0.244 e. The number of sulfonamides is 1. The molecule has 0 spiro atoms. The van der Waals surface area contributed by atoms with Crippen molar-refractivity contribution in [1.29, 1.82) is 0 Å². The number of aryl methyl sites for hydroxylation is 2. The van der Waals surface area contributed by atoms with Crippen LogP contribution in [-0.4, -0.2) is 35.7 Å². The van der Waals surface area contributed by atoms with Crippen molar-refractivity contribution < 1.29 is 8.42 Å². The van der Waals surface area contributed by atoms with Crippen LogP contribution in [0.1, 0.15) is 29.9 Å². The third kappa shape index (κ3) is 3.64. The quantitative estimate of drug-likeness (QED) is 0.723. The van der Waals surface area contributed by atoms with E-state index in [-0.39, 0.29) is 18.2 Å². The van der Waals surface area contributed by atoms with Crippen molar-refractivity contribution in [2.45, 2.75) is 31.7 Å². The Morgan fingerprint density at radius 1 is 1.12 bits per heavy atom. The fourth-order valence-corrected chi connectivity index (χ4v) is 4.67. The number of para-hydroxylation sites is 1. The predicted octanol–water partition coefficient (Wildman–Crippen LogP) is 2.47. The first-order valence-corrected chi connectivity index (χ1v) is 10.6. The van der Waals surface area contributed by atoms with Gasteiger partial charge in [-0.15, -0.1) is 5.10 Å². The van der Waals surface area contributed by atoms with Gasteiger partial charge in [-0.05, 0) is 48.4 Å². The van der Waals surface area contributed by atoms with Crippen molar-refractivity contribution in [3.8, 4) is 0 Å². The number of nitrogens with one attached hydrogen (secondary N) is 1. The van der Waals surface area contributed by atoms with Crippen molar-refractivity contribution in [2.24, 2.45) is 0 Å². The van der Waals surface area contributed by atoms with Crippen LogP contribution in [-0.2, 0) is 23.0 Å². The van der Waals surface area contributed by atoms with Gasteiger partial charge >= 0.3 is 0 Å². The van der Waals surface area contributed by atoms with Gasteiger partial charge in [-0.3, -0.25) is 0 Å². The molecule has 1 aliphatic rings. The van der Waals surface area contributed by atoms with E-state index in [0.717, 1.165) is 30.3 Å². The van der Waals surface area contributed by atoms with Gasteiger partial charge in [0.1, 0.15) is 5.52 Å². The predicted molar refractivity (Wildman–Crippen MR) is 101 cm³/mol. The molecule has 0 saturated heterocycles. The second-order valence-corrected chi connectivity index (χ2v) is 8.68. The summed E-state index contributed by atoms with van der Waals surface area (Å²) < 4.78 is 29.3. The molecule has 0 amide bonds. The first-order valence-electron chi connectivity index (χ1n) is 8.96. The second kappa shape index (κ2) is 7.17. The van der Waals surface area contributed by atoms with Crippen LogP contribution in [0.3, 0.4) is 0 Å². The summed E-state index contributed by atoms with van der Waals surface area (Å²) in [5.41, 5.74) is 4.25. The van der Waals surface area contributed by atoms with E-state index in [0.29, 0.717) is 6.54 Å². The number of nitrogens with zero attached hydrogens (tertiary/aromatic N) is 3. The lowest BCUT2D eigenvalue weighted by atomic mass is 9.83. The molecule has 3 aromatic rings. The van der Waals surface area contributed by atoms with Crippen LogP contribution in [0.2, 0.25) is 0 Å². The maximum atomic E-state index is 12.4. The number of benzene rings is 2. The smallest absolute Gasteiger partial charge is 0.213 e. The van der Waals surface area contributed by atoms with Crippen LogP contribution in [0, 0.1) is 0 Å². The number of hydrogen-bond donors (Lipinski definition) is 1. The molecule has 0 saturated carbocycles. The van der Waals surface area contributed by atoms with Crippen LogP contribution in [0.5, 0.6) is 0 Å². The van der Waals surface area contributed by atoms with Crippen molar-refractivity contribution in [1.82, 2.24) is 19.7 Å². The molecule has 0 aliphatic heterocycles. The monoisotopic (exact) mass is 370 g/mol. The third-order valence-electron chi connectivity index (χ3n) is 5.04. The van der Waals surface area contributed by atoms with E-state index in [4.69, 9.17) is 0 Å². The maximum Gasteiger partial charge on any atom is 0.213 e. The highest BCUT2D eigenvalue weighted by Gasteiger charge is 2.22. The van der Waals surface area contributed by atoms with Crippen molar-refractivity contribution in [3.05, 3.63) is 59.7 Å². The Bertz CT molecular complexity index is 1010. The average molecular weight is 370 g/mol. The molecule has 26 heavy (non-hydrogen) atoms.